The molecule has 0 bridgehead atoms. The van der Waals surface area contributed by atoms with Crippen LogP contribution < -0.4 is 9.47 Å². The summed E-state index contributed by atoms with van der Waals surface area (Å²) in [6, 6.07) is 13.3. The van der Waals surface area contributed by atoms with Crippen LogP contribution in [0.25, 0.3) is 22.6 Å². The Bertz CT molecular complexity index is 1540. The van der Waals surface area contributed by atoms with E-state index < -0.39 is 5.97 Å². The number of halogens is 2. The lowest BCUT2D eigenvalue weighted by atomic mass is 9.87. The van der Waals surface area contributed by atoms with Gasteiger partial charge in [0.2, 0.25) is 5.88 Å². The van der Waals surface area contributed by atoms with Gasteiger partial charge >= 0.3 is 5.97 Å². The standard InChI is InChI=1S/C29H28Cl2N4O4/c1-29(12-13-29)39-27-24-26(32-16-33-27)35(15-17-4-2-5-19(30)14-17)25(34-24)21-6-3-7-22(23(21)31)38-20-10-8-18(9-11-20)28(36)37/h2-7,14,16,18,20H,8-13,15H2,1H3,(H,36,37). The van der Waals surface area contributed by atoms with Crippen LogP contribution in [0, 0.1) is 5.92 Å². The Labute approximate surface area is 235 Å². The Balaban J connectivity index is 1.39. The largest absolute Gasteiger partial charge is 0.489 e. The van der Waals surface area contributed by atoms with Gasteiger partial charge in [-0.05, 0) is 75.3 Å². The number of hydrogen-bond acceptors (Lipinski definition) is 6. The molecule has 2 fully saturated rings. The van der Waals surface area contributed by atoms with Gasteiger partial charge in [-0.3, -0.25) is 4.79 Å². The highest BCUT2D eigenvalue weighted by atomic mass is 35.5. The van der Waals surface area contributed by atoms with Crippen LogP contribution >= 0.6 is 23.2 Å². The van der Waals surface area contributed by atoms with E-state index in [2.05, 4.69) is 16.9 Å². The monoisotopic (exact) mass is 566 g/mol. The first kappa shape index (κ1) is 25.9. The van der Waals surface area contributed by atoms with Gasteiger partial charge in [-0.15, -0.1) is 0 Å². The smallest absolute Gasteiger partial charge is 0.306 e. The second-order valence-corrected chi connectivity index (χ2v) is 11.4. The van der Waals surface area contributed by atoms with Gasteiger partial charge in [-0.2, -0.15) is 4.98 Å². The van der Waals surface area contributed by atoms with Crippen molar-refractivity contribution in [3.63, 3.8) is 0 Å². The van der Waals surface area contributed by atoms with Crippen molar-refractivity contribution in [2.24, 2.45) is 5.92 Å². The van der Waals surface area contributed by atoms with Crippen molar-refractivity contribution < 1.29 is 19.4 Å². The molecule has 10 heteroatoms. The number of ether oxygens (including phenoxy) is 2. The summed E-state index contributed by atoms with van der Waals surface area (Å²) >= 11 is 13.3. The Morgan fingerprint density at radius 1 is 1.10 bits per heavy atom. The first-order valence-electron chi connectivity index (χ1n) is 13.1. The number of carbonyl (C=O) groups is 1. The minimum Gasteiger partial charge on any atom is -0.489 e. The number of carboxylic acids is 1. The van der Waals surface area contributed by atoms with E-state index in [0.717, 1.165) is 18.4 Å². The third-order valence-electron chi connectivity index (χ3n) is 7.55. The molecule has 0 atom stereocenters. The fourth-order valence-corrected chi connectivity index (χ4v) is 5.52. The van der Waals surface area contributed by atoms with E-state index in [1.54, 1.807) is 0 Å². The first-order valence-corrected chi connectivity index (χ1v) is 13.9. The Morgan fingerprint density at radius 3 is 2.59 bits per heavy atom. The number of aliphatic carboxylic acids is 1. The van der Waals surface area contributed by atoms with Crippen LogP contribution in [0.3, 0.4) is 0 Å². The maximum Gasteiger partial charge on any atom is 0.306 e. The summed E-state index contributed by atoms with van der Waals surface area (Å²) in [5.74, 6) is 0.552. The van der Waals surface area contributed by atoms with E-state index in [9.17, 15) is 9.90 Å². The number of benzene rings is 2. The highest BCUT2D eigenvalue weighted by molar-refractivity contribution is 6.34. The van der Waals surface area contributed by atoms with Gasteiger partial charge in [-0.1, -0.05) is 41.4 Å². The van der Waals surface area contributed by atoms with Crippen molar-refractivity contribution >= 4 is 40.3 Å². The van der Waals surface area contributed by atoms with Crippen molar-refractivity contribution in [1.29, 1.82) is 0 Å². The molecule has 2 aromatic carbocycles. The summed E-state index contributed by atoms with van der Waals surface area (Å²) in [6.45, 7) is 2.52. The predicted molar refractivity (Wildman–Crippen MR) is 149 cm³/mol. The fourth-order valence-electron chi connectivity index (χ4n) is 5.06. The number of carboxylic acid groups (broad SMARTS) is 1. The van der Waals surface area contributed by atoms with E-state index in [4.69, 9.17) is 37.7 Å². The molecule has 0 amide bonds. The first-order chi connectivity index (χ1) is 18.8. The summed E-state index contributed by atoms with van der Waals surface area (Å²) in [4.78, 5) is 25.3. The predicted octanol–water partition coefficient (Wildman–Crippen LogP) is 6.80. The van der Waals surface area contributed by atoms with Crippen LogP contribution in [0.4, 0.5) is 0 Å². The van der Waals surface area contributed by atoms with Crippen LogP contribution in [0.2, 0.25) is 10.0 Å². The molecule has 0 radical (unpaired) electrons. The van der Waals surface area contributed by atoms with Crippen molar-refractivity contribution in [1.82, 2.24) is 19.5 Å². The molecule has 2 aliphatic carbocycles. The Hall–Kier alpha value is -3.36. The number of nitrogens with zero attached hydrogens (tertiary/aromatic N) is 4. The average molecular weight is 567 g/mol. The topological polar surface area (TPSA) is 99.4 Å². The Morgan fingerprint density at radius 2 is 1.87 bits per heavy atom. The van der Waals surface area contributed by atoms with Gasteiger partial charge < -0.3 is 19.1 Å². The van der Waals surface area contributed by atoms with Crippen molar-refractivity contribution in [2.75, 3.05) is 0 Å². The minimum atomic E-state index is -0.741. The number of rotatable bonds is 8. The third kappa shape index (κ3) is 5.40. The lowest BCUT2D eigenvalue weighted by Gasteiger charge is -2.27. The molecular formula is C29H28Cl2N4O4. The second kappa shape index (κ2) is 10.3. The zero-order chi connectivity index (χ0) is 27.1. The molecule has 0 aliphatic heterocycles. The van der Waals surface area contributed by atoms with Crippen LogP contribution in [0.5, 0.6) is 11.6 Å². The van der Waals surface area contributed by atoms with Gasteiger partial charge in [0.05, 0.1) is 23.6 Å². The number of fused-ring (bicyclic) bond motifs is 1. The highest BCUT2D eigenvalue weighted by Gasteiger charge is 2.41. The van der Waals surface area contributed by atoms with E-state index >= 15 is 0 Å². The molecule has 4 aromatic rings. The summed E-state index contributed by atoms with van der Waals surface area (Å²) in [6.07, 6.45) is 5.85. The zero-order valence-electron chi connectivity index (χ0n) is 21.4. The molecule has 0 spiro atoms. The molecule has 2 aliphatic rings. The minimum absolute atomic E-state index is 0.0937. The number of hydrogen-bond donors (Lipinski definition) is 1. The van der Waals surface area contributed by atoms with Crippen LogP contribution in [-0.4, -0.2) is 42.3 Å². The summed E-state index contributed by atoms with van der Waals surface area (Å²) < 4.78 is 14.5. The van der Waals surface area contributed by atoms with Gasteiger partial charge in [0, 0.05) is 10.6 Å². The van der Waals surface area contributed by atoms with Gasteiger partial charge in [0.1, 0.15) is 23.5 Å². The third-order valence-corrected chi connectivity index (χ3v) is 8.17. The van der Waals surface area contributed by atoms with Crippen LogP contribution in [0.1, 0.15) is 51.0 Å². The lowest BCUT2D eigenvalue weighted by Crippen LogP contribution is -2.27. The van der Waals surface area contributed by atoms with E-state index in [1.807, 2.05) is 47.0 Å². The van der Waals surface area contributed by atoms with Gasteiger partial charge in [0.15, 0.2) is 11.2 Å². The van der Waals surface area contributed by atoms with Crippen LogP contribution in [-0.2, 0) is 11.3 Å². The molecule has 0 unspecified atom stereocenters. The number of imidazole rings is 1. The normalized spacial score (nSPS) is 20.1. The fraction of sp³-hybridized carbons (Fsp3) is 0.379. The molecule has 6 rings (SSSR count). The average Bonchev–Trinajstić information content (AvgIpc) is 3.53. The maximum absolute atomic E-state index is 11.3. The van der Waals surface area contributed by atoms with Gasteiger partial charge in [0.25, 0.3) is 0 Å². The quantitative estimate of drug-likeness (QED) is 0.250. The SMILES string of the molecule is CC1(Oc2ncnc3c2nc(-c2cccc(OC4CCC(C(=O)O)CC4)c2Cl)n3Cc2cccc(Cl)c2)CC1. The van der Waals surface area contributed by atoms with Gasteiger partial charge in [-0.25, -0.2) is 9.97 Å². The molecule has 2 saturated carbocycles. The van der Waals surface area contributed by atoms with Crippen molar-refractivity contribution in [3.05, 3.63) is 64.4 Å². The summed E-state index contributed by atoms with van der Waals surface area (Å²) in [5, 5.41) is 10.4. The van der Waals surface area contributed by atoms with E-state index in [-0.39, 0.29) is 17.6 Å². The van der Waals surface area contributed by atoms with E-state index in [0.29, 0.717) is 76.5 Å². The summed E-state index contributed by atoms with van der Waals surface area (Å²) in [7, 11) is 0. The molecule has 39 heavy (non-hydrogen) atoms. The molecule has 2 heterocycles. The molecule has 1 N–H and O–H groups in total. The second-order valence-electron chi connectivity index (χ2n) is 10.6. The molecule has 0 saturated heterocycles. The van der Waals surface area contributed by atoms with Crippen LogP contribution in [0.15, 0.2) is 48.8 Å². The van der Waals surface area contributed by atoms with E-state index in [1.165, 1.54) is 6.33 Å². The number of aromatic nitrogens is 4. The molecular weight excluding hydrogens is 539 g/mol. The summed E-state index contributed by atoms with van der Waals surface area (Å²) in [5.41, 5.74) is 2.64. The molecule has 202 valence electrons. The highest BCUT2D eigenvalue weighted by Crippen LogP contribution is 2.42. The maximum atomic E-state index is 11.3. The lowest BCUT2D eigenvalue weighted by molar-refractivity contribution is -0.143. The zero-order valence-corrected chi connectivity index (χ0v) is 23.0. The molecule has 2 aromatic heterocycles. The molecule has 8 nitrogen and oxygen atoms in total. The van der Waals surface area contributed by atoms with Crippen molar-refractivity contribution in [2.45, 2.75) is 63.7 Å². The Kier molecular flexibility index (Phi) is 6.85. The van der Waals surface area contributed by atoms with Crippen molar-refractivity contribution in [3.8, 4) is 23.0 Å².